The Labute approximate surface area is 171 Å². The van der Waals surface area contributed by atoms with Crippen molar-refractivity contribution in [2.24, 2.45) is 0 Å². The smallest absolute Gasteiger partial charge is 0.252 e. The lowest BCUT2D eigenvalue weighted by molar-refractivity contribution is 0.347. The minimum atomic E-state index is -3.51. The third kappa shape index (κ3) is 4.29. The largest absolute Gasteiger partial charge is 0.322 e. The molecule has 3 aromatic rings. The van der Waals surface area contributed by atoms with Gasteiger partial charge < -0.3 is 5.32 Å². The summed E-state index contributed by atoms with van der Waals surface area (Å²) in [6.45, 7) is 1.08. The first-order valence-corrected chi connectivity index (χ1v) is 11.3. The summed E-state index contributed by atoms with van der Waals surface area (Å²) in [4.78, 5) is 9.04. The molecule has 6 nitrogen and oxygen atoms in total. The molecule has 1 N–H and O–H groups in total. The Morgan fingerprint density at radius 2 is 1.83 bits per heavy atom. The van der Waals surface area contributed by atoms with E-state index in [1.54, 1.807) is 18.2 Å². The fraction of sp³-hybridized carbons (Fsp3) is 0.263. The second-order valence-electron chi connectivity index (χ2n) is 6.60. The Bertz CT molecular complexity index is 1130. The molecule has 3 heterocycles. The number of piperidine rings is 1. The van der Waals surface area contributed by atoms with Crippen molar-refractivity contribution in [2.75, 3.05) is 18.4 Å². The van der Waals surface area contributed by atoms with E-state index in [1.807, 2.05) is 0 Å². The zero-order chi connectivity index (χ0) is 20.4. The zero-order valence-electron chi connectivity index (χ0n) is 15.3. The maximum absolute atomic E-state index is 13.8. The lowest BCUT2D eigenvalue weighted by Gasteiger charge is -2.25. The van der Waals surface area contributed by atoms with E-state index in [4.69, 9.17) is 0 Å². The molecule has 152 valence electrons. The van der Waals surface area contributed by atoms with Gasteiger partial charge in [0.2, 0.25) is 5.95 Å². The molecule has 4 rings (SSSR count). The van der Waals surface area contributed by atoms with Crippen LogP contribution < -0.4 is 5.32 Å². The molecule has 0 atom stereocenters. The topological polar surface area (TPSA) is 75.2 Å². The average molecular weight is 437 g/mol. The molecule has 0 saturated carbocycles. The van der Waals surface area contributed by atoms with Crippen molar-refractivity contribution in [1.29, 1.82) is 0 Å². The summed E-state index contributed by atoms with van der Waals surface area (Å²) in [5, 5.41) is 2.71. The number of rotatable bonds is 5. The van der Waals surface area contributed by atoms with Crippen LogP contribution >= 0.6 is 11.3 Å². The van der Waals surface area contributed by atoms with Gasteiger partial charge >= 0.3 is 0 Å². The van der Waals surface area contributed by atoms with Crippen LogP contribution in [0.25, 0.3) is 10.6 Å². The van der Waals surface area contributed by atoms with E-state index in [2.05, 4.69) is 15.3 Å². The normalized spacial score (nSPS) is 15.4. The lowest BCUT2D eigenvalue weighted by Crippen LogP contribution is -2.35. The molecule has 0 aliphatic carbocycles. The summed E-state index contributed by atoms with van der Waals surface area (Å²) in [5.74, 6) is -1.31. The number of nitrogens with zero attached hydrogens (tertiary/aromatic N) is 3. The summed E-state index contributed by atoms with van der Waals surface area (Å²) < 4.78 is 54.3. The molecule has 1 saturated heterocycles. The van der Waals surface area contributed by atoms with E-state index in [0.29, 0.717) is 23.7 Å². The van der Waals surface area contributed by atoms with Gasteiger partial charge in [-0.3, -0.25) is 0 Å². The maximum atomic E-state index is 13.8. The van der Waals surface area contributed by atoms with Crippen LogP contribution in [0.3, 0.4) is 0 Å². The first kappa shape index (κ1) is 19.9. The van der Waals surface area contributed by atoms with Crippen molar-refractivity contribution in [3.05, 3.63) is 54.2 Å². The molecule has 10 heteroatoms. The number of thiophene rings is 1. The van der Waals surface area contributed by atoms with Crippen molar-refractivity contribution in [3.63, 3.8) is 0 Å². The van der Waals surface area contributed by atoms with E-state index in [1.165, 1.54) is 16.6 Å². The van der Waals surface area contributed by atoms with Gasteiger partial charge in [-0.05, 0) is 43.2 Å². The van der Waals surface area contributed by atoms with Crippen molar-refractivity contribution >= 4 is 33.0 Å². The lowest BCUT2D eigenvalue weighted by atomic mass is 10.2. The molecule has 0 amide bonds. The highest BCUT2D eigenvalue weighted by molar-refractivity contribution is 7.91. The summed E-state index contributed by atoms with van der Waals surface area (Å²) in [7, 11) is -3.51. The molecule has 0 spiro atoms. The summed E-state index contributed by atoms with van der Waals surface area (Å²) >= 11 is 1.14. The van der Waals surface area contributed by atoms with E-state index >= 15 is 0 Å². The fourth-order valence-electron chi connectivity index (χ4n) is 3.10. The summed E-state index contributed by atoms with van der Waals surface area (Å²) in [6, 6.07) is 8.09. The highest BCUT2D eigenvalue weighted by atomic mass is 32.2. The second kappa shape index (κ2) is 8.13. The van der Waals surface area contributed by atoms with Gasteiger partial charge in [0.15, 0.2) is 0 Å². The van der Waals surface area contributed by atoms with E-state index in [-0.39, 0.29) is 15.8 Å². The van der Waals surface area contributed by atoms with E-state index in [9.17, 15) is 17.2 Å². The van der Waals surface area contributed by atoms with Crippen molar-refractivity contribution in [2.45, 2.75) is 23.5 Å². The second-order valence-corrected chi connectivity index (χ2v) is 9.85. The molecule has 0 unspecified atom stereocenters. The zero-order valence-corrected chi connectivity index (χ0v) is 16.9. The third-order valence-electron chi connectivity index (χ3n) is 4.58. The van der Waals surface area contributed by atoms with Gasteiger partial charge in [-0.25, -0.2) is 27.2 Å². The van der Waals surface area contributed by atoms with E-state index in [0.717, 1.165) is 42.7 Å². The molecule has 0 radical (unpaired) electrons. The third-order valence-corrected chi connectivity index (χ3v) is 8.05. The minimum Gasteiger partial charge on any atom is -0.322 e. The van der Waals surface area contributed by atoms with Crippen LogP contribution in [-0.4, -0.2) is 35.8 Å². The fourth-order valence-corrected chi connectivity index (χ4v) is 6.04. The SMILES string of the molecule is O=S(=O)(c1ccc(-c2ccnc(Nc3ccc(F)cc3F)n2)s1)N1CCCCC1. The van der Waals surface area contributed by atoms with Crippen LogP contribution in [0.4, 0.5) is 20.4 Å². The van der Waals surface area contributed by atoms with Crippen LogP contribution in [0.15, 0.2) is 46.8 Å². The first-order valence-electron chi connectivity index (χ1n) is 9.09. The number of aromatic nitrogens is 2. The predicted octanol–water partition coefficient (Wildman–Crippen LogP) is 4.40. The quantitative estimate of drug-likeness (QED) is 0.642. The molecule has 0 bridgehead atoms. The molecule has 1 aliphatic heterocycles. The maximum Gasteiger partial charge on any atom is 0.252 e. The predicted molar refractivity (Wildman–Crippen MR) is 108 cm³/mol. The van der Waals surface area contributed by atoms with Crippen LogP contribution in [0.5, 0.6) is 0 Å². The molecular weight excluding hydrogens is 418 g/mol. The Kier molecular flexibility index (Phi) is 5.57. The van der Waals surface area contributed by atoms with Gasteiger partial charge in [0.25, 0.3) is 10.0 Å². The van der Waals surface area contributed by atoms with Gasteiger partial charge in [-0.2, -0.15) is 4.31 Å². The molecule has 1 aliphatic rings. The average Bonchev–Trinajstić information content (AvgIpc) is 3.22. The van der Waals surface area contributed by atoms with Gasteiger partial charge in [0.1, 0.15) is 15.8 Å². The van der Waals surface area contributed by atoms with Crippen molar-refractivity contribution < 1.29 is 17.2 Å². The Hall–Kier alpha value is -2.43. The van der Waals surface area contributed by atoms with Gasteiger partial charge in [0.05, 0.1) is 16.3 Å². The van der Waals surface area contributed by atoms with E-state index < -0.39 is 21.7 Å². The van der Waals surface area contributed by atoms with Gasteiger partial charge in [0, 0.05) is 25.4 Å². The Morgan fingerprint density at radius 1 is 1.03 bits per heavy atom. The van der Waals surface area contributed by atoms with Gasteiger partial charge in [-0.15, -0.1) is 11.3 Å². The highest BCUT2D eigenvalue weighted by Gasteiger charge is 2.27. The molecule has 1 aromatic carbocycles. The molecule has 29 heavy (non-hydrogen) atoms. The van der Waals surface area contributed by atoms with Crippen LogP contribution in [0.2, 0.25) is 0 Å². The summed E-state index contributed by atoms with van der Waals surface area (Å²) in [5.41, 5.74) is 0.554. The molecule has 1 fully saturated rings. The number of benzene rings is 1. The van der Waals surface area contributed by atoms with Crippen LogP contribution in [0.1, 0.15) is 19.3 Å². The number of hydrogen-bond donors (Lipinski definition) is 1. The number of anilines is 2. The Morgan fingerprint density at radius 3 is 2.59 bits per heavy atom. The number of nitrogens with one attached hydrogen (secondary N) is 1. The van der Waals surface area contributed by atoms with Crippen molar-refractivity contribution in [1.82, 2.24) is 14.3 Å². The van der Waals surface area contributed by atoms with Crippen LogP contribution in [-0.2, 0) is 10.0 Å². The number of hydrogen-bond acceptors (Lipinski definition) is 6. The number of sulfonamides is 1. The molecular formula is C19H18F2N4O2S2. The van der Waals surface area contributed by atoms with Gasteiger partial charge in [-0.1, -0.05) is 6.42 Å². The highest BCUT2D eigenvalue weighted by Crippen LogP contribution is 2.32. The summed E-state index contributed by atoms with van der Waals surface area (Å²) in [6.07, 6.45) is 4.29. The Balaban J connectivity index is 1.57. The standard InChI is InChI=1S/C19H18F2N4O2S2/c20-13-4-5-15(14(21)12-13)23-19-22-9-8-16(24-19)17-6-7-18(28-17)29(26,27)25-10-2-1-3-11-25/h4-9,12H,1-3,10-11H2,(H,22,23,24). The minimum absolute atomic E-state index is 0.0445. The molecule has 2 aromatic heterocycles. The first-order chi connectivity index (χ1) is 13.9. The monoisotopic (exact) mass is 436 g/mol. The van der Waals surface area contributed by atoms with Crippen LogP contribution in [0, 0.1) is 11.6 Å². The van der Waals surface area contributed by atoms with Crippen molar-refractivity contribution in [3.8, 4) is 10.6 Å². The number of halogens is 2.